The summed E-state index contributed by atoms with van der Waals surface area (Å²) in [6, 6.07) is 4.10. The van der Waals surface area contributed by atoms with Gasteiger partial charge in [0.15, 0.2) is 0 Å². The summed E-state index contributed by atoms with van der Waals surface area (Å²) in [5.41, 5.74) is 3.67. The molecule has 0 aliphatic carbocycles. The molecule has 2 aromatic rings. The maximum Gasteiger partial charge on any atom is 0.0746 e. The van der Waals surface area contributed by atoms with Crippen LogP contribution in [0, 0.1) is 0 Å². The molecule has 1 aliphatic rings. The fourth-order valence-electron chi connectivity index (χ4n) is 2.65. The zero-order valence-electron chi connectivity index (χ0n) is 10.6. The molecular weight excluding hydrogens is 224 g/mol. The van der Waals surface area contributed by atoms with Gasteiger partial charge in [-0.2, -0.15) is 5.10 Å². The van der Waals surface area contributed by atoms with Crippen LogP contribution >= 0.6 is 0 Å². The average molecular weight is 242 g/mol. The lowest BCUT2D eigenvalue weighted by Gasteiger charge is -2.22. The second kappa shape index (κ2) is 4.90. The Morgan fingerprint density at radius 3 is 2.89 bits per heavy atom. The van der Waals surface area contributed by atoms with Crippen LogP contribution in [0.1, 0.15) is 24.5 Å². The summed E-state index contributed by atoms with van der Waals surface area (Å²) in [6.07, 6.45) is 8.24. The van der Waals surface area contributed by atoms with E-state index in [9.17, 15) is 0 Å². The summed E-state index contributed by atoms with van der Waals surface area (Å²) >= 11 is 0. The second-order valence-corrected chi connectivity index (χ2v) is 4.88. The highest BCUT2D eigenvalue weighted by Gasteiger charge is 2.21. The van der Waals surface area contributed by atoms with Gasteiger partial charge in [0.05, 0.1) is 5.69 Å². The van der Waals surface area contributed by atoms with E-state index >= 15 is 0 Å². The minimum absolute atomic E-state index is 0.531. The molecule has 0 radical (unpaired) electrons. The quantitative estimate of drug-likeness (QED) is 0.875. The van der Waals surface area contributed by atoms with Crippen molar-refractivity contribution >= 4 is 0 Å². The molecule has 4 heteroatoms. The zero-order chi connectivity index (χ0) is 12.4. The van der Waals surface area contributed by atoms with Crippen LogP contribution in [0.3, 0.4) is 0 Å². The van der Waals surface area contributed by atoms with Crippen LogP contribution in [0.5, 0.6) is 0 Å². The van der Waals surface area contributed by atoms with Gasteiger partial charge < -0.3 is 5.32 Å². The van der Waals surface area contributed by atoms with E-state index in [0.717, 1.165) is 13.1 Å². The first-order valence-corrected chi connectivity index (χ1v) is 6.49. The summed E-state index contributed by atoms with van der Waals surface area (Å²) in [6.45, 7) is 2.17. The van der Waals surface area contributed by atoms with E-state index in [1.165, 1.54) is 29.7 Å². The molecule has 1 unspecified atom stereocenters. The van der Waals surface area contributed by atoms with Crippen molar-refractivity contribution in [2.75, 3.05) is 13.1 Å². The van der Waals surface area contributed by atoms with Crippen LogP contribution in [-0.4, -0.2) is 27.9 Å². The molecule has 0 bridgehead atoms. The number of rotatable bonds is 2. The largest absolute Gasteiger partial charge is 0.316 e. The summed E-state index contributed by atoms with van der Waals surface area (Å²) in [7, 11) is 1.99. The third-order valence-electron chi connectivity index (χ3n) is 3.53. The van der Waals surface area contributed by atoms with Crippen molar-refractivity contribution < 1.29 is 0 Å². The van der Waals surface area contributed by atoms with E-state index in [-0.39, 0.29) is 0 Å². The Kier molecular flexibility index (Phi) is 3.11. The summed E-state index contributed by atoms with van der Waals surface area (Å²) in [4.78, 5) is 4.08. The van der Waals surface area contributed by atoms with Crippen molar-refractivity contribution in [1.29, 1.82) is 0 Å². The van der Waals surface area contributed by atoms with Gasteiger partial charge in [0.2, 0.25) is 0 Å². The maximum atomic E-state index is 4.67. The average Bonchev–Trinajstić information content (AvgIpc) is 2.83. The van der Waals surface area contributed by atoms with E-state index < -0.39 is 0 Å². The number of hydrogen-bond donors (Lipinski definition) is 1. The Labute approximate surface area is 107 Å². The number of hydrogen-bond acceptors (Lipinski definition) is 3. The Hall–Kier alpha value is -1.68. The van der Waals surface area contributed by atoms with Gasteiger partial charge in [-0.25, -0.2) is 0 Å². The van der Waals surface area contributed by atoms with Gasteiger partial charge in [-0.3, -0.25) is 9.67 Å². The Balaban J connectivity index is 1.99. The van der Waals surface area contributed by atoms with Gasteiger partial charge in [0.1, 0.15) is 0 Å². The molecule has 2 aromatic heterocycles. The SMILES string of the molecule is Cn1cc(-c2ccncc2)c(C2CCCNC2)n1. The number of pyridine rings is 1. The molecule has 1 N–H and O–H groups in total. The van der Waals surface area contributed by atoms with Gasteiger partial charge in [-0.1, -0.05) is 0 Å². The number of nitrogens with one attached hydrogen (secondary N) is 1. The van der Waals surface area contributed by atoms with Crippen molar-refractivity contribution in [1.82, 2.24) is 20.1 Å². The molecule has 1 atom stereocenters. The normalized spacial score (nSPS) is 19.9. The predicted molar refractivity (Wildman–Crippen MR) is 71.3 cm³/mol. The van der Waals surface area contributed by atoms with Crippen LogP contribution in [0.4, 0.5) is 0 Å². The lowest BCUT2D eigenvalue weighted by Crippen LogP contribution is -2.28. The highest BCUT2D eigenvalue weighted by Crippen LogP contribution is 2.31. The zero-order valence-corrected chi connectivity index (χ0v) is 10.6. The molecule has 1 aliphatic heterocycles. The van der Waals surface area contributed by atoms with E-state index in [1.807, 2.05) is 24.1 Å². The van der Waals surface area contributed by atoms with E-state index in [0.29, 0.717) is 5.92 Å². The number of nitrogens with zero attached hydrogens (tertiary/aromatic N) is 3. The first-order valence-electron chi connectivity index (χ1n) is 6.49. The molecule has 3 rings (SSSR count). The Morgan fingerprint density at radius 2 is 2.17 bits per heavy atom. The molecule has 3 heterocycles. The number of aromatic nitrogens is 3. The minimum Gasteiger partial charge on any atom is -0.316 e. The van der Waals surface area contributed by atoms with Gasteiger partial charge in [-0.05, 0) is 37.1 Å². The van der Waals surface area contributed by atoms with Crippen molar-refractivity contribution in [3.05, 3.63) is 36.4 Å². The predicted octanol–water partition coefficient (Wildman–Crippen LogP) is 1.95. The Morgan fingerprint density at radius 1 is 1.33 bits per heavy atom. The molecule has 0 spiro atoms. The van der Waals surface area contributed by atoms with E-state index in [4.69, 9.17) is 0 Å². The first kappa shape index (κ1) is 11.4. The third-order valence-corrected chi connectivity index (χ3v) is 3.53. The smallest absolute Gasteiger partial charge is 0.0746 e. The molecule has 0 aromatic carbocycles. The molecule has 18 heavy (non-hydrogen) atoms. The molecule has 1 fully saturated rings. The topological polar surface area (TPSA) is 42.7 Å². The van der Waals surface area contributed by atoms with Crippen molar-refractivity contribution in [3.63, 3.8) is 0 Å². The van der Waals surface area contributed by atoms with Crippen LogP contribution in [-0.2, 0) is 7.05 Å². The van der Waals surface area contributed by atoms with Crippen molar-refractivity contribution in [2.45, 2.75) is 18.8 Å². The molecule has 1 saturated heterocycles. The molecule has 0 amide bonds. The fraction of sp³-hybridized carbons (Fsp3) is 0.429. The third kappa shape index (κ3) is 2.16. The van der Waals surface area contributed by atoms with Gasteiger partial charge in [0, 0.05) is 43.7 Å². The summed E-state index contributed by atoms with van der Waals surface area (Å²) in [5, 5.41) is 8.13. The van der Waals surface area contributed by atoms with Crippen LogP contribution in [0.25, 0.3) is 11.1 Å². The lowest BCUT2D eigenvalue weighted by molar-refractivity contribution is 0.452. The fourth-order valence-corrected chi connectivity index (χ4v) is 2.65. The minimum atomic E-state index is 0.531. The molecule has 4 nitrogen and oxygen atoms in total. The van der Waals surface area contributed by atoms with Gasteiger partial charge >= 0.3 is 0 Å². The number of aryl methyl sites for hydroxylation is 1. The number of piperidine rings is 1. The Bertz CT molecular complexity index is 512. The van der Waals surface area contributed by atoms with Gasteiger partial charge in [-0.15, -0.1) is 0 Å². The van der Waals surface area contributed by atoms with Crippen LogP contribution < -0.4 is 5.32 Å². The molecule has 94 valence electrons. The van der Waals surface area contributed by atoms with Crippen molar-refractivity contribution in [2.24, 2.45) is 7.05 Å². The van der Waals surface area contributed by atoms with Crippen LogP contribution in [0.15, 0.2) is 30.7 Å². The summed E-state index contributed by atoms with van der Waals surface area (Å²) in [5.74, 6) is 0.531. The molecular formula is C14H18N4. The van der Waals surface area contributed by atoms with Gasteiger partial charge in [0.25, 0.3) is 0 Å². The highest BCUT2D eigenvalue weighted by molar-refractivity contribution is 5.65. The maximum absolute atomic E-state index is 4.67. The molecule has 0 saturated carbocycles. The lowest BCUT2D eigenvalue weighted by atomic mass is 9.92. The monoisotopic (exact) mass is 242 g/mol. The van der Waals surface area contributed by atoms with E-state index in [2.05, 4.69) is 33.7 Å². The first-order chi connectivity index (χ1) is 8.84. The standard InChI is InChI=1S/C14H18N4/c1-18-10-13(11-4-7-15-8-5-11)14(17-18)12-3-2-6-16-9-12/h4-5,7-8,10,12,16H,2-3,6,9H2,1H3. The second-order valence-electron chi connectivity index (χ2n) is 4.88. The summed E-state index contributed by atoms with van der Waals surface area (Å²) < 4.78 is 1.92. The van der Waals surface area contributed by atoms with Crippen LogP contribution in [0.2, 0.25) is 0 Å². The van der Waals surface area contributed by atoms with Crippen molar-refractivity contribution in [3.8, 4) is 11.1 Å². The van der Waals surface area contributed by atoms with E-state index in [1.54, 1.807) is 0 Å². The highest BCUT2D eigenvalue weighted by atomic mass is 15.3.